The smallest absolute Gasteiger partial charge is 0.139 e. The average molecular weight is 180 g/mol. The van der Waals surface area contributed by atoms with Gasteiger partial charge in [0, 0.05) is 22.6 Å². The quantitative estimate of drug-likeness (QED) is 0.649. The first-order valence-corrected chi connectivity index (χ1v) is 5.17. The lowest BCUT2D eigenvalue weighted by Gasteiger charge is -2.38. The van der Waals surface area contributed by atoms with Crippen molar-refractivity contribution in [3.8, 4) is 0 Å². The summed E-state index contributed by atoms with van der Waals surface area (Å²) in [5, 5.41) is 2.08. The van der Waals surface area contributed by atoms with E-state index in [-0.39, 0.29) is 11.8 Å². The van der Waals surface area contributed by atoms with E-state index >= 15 is 0 Å². The van der Waals surface area contributed by atoms with E-state index < -0.39 is 0 Å². The number of thiophene rings is 1. The summed E-state index contributed by atoms with van der Waals surface area (Å²) in [5.74, 6) is 1.42. The van der Waals surface area contributed by atoms with Gasteiger partial charge in [-0.15, -0.1) is 11.3 Å². The number of carbonyl (C=O) groups is 1. The number of hydrogen-bond acceptors (Lipinski definition) is 2. The molecule has 64 valence electrons. The van der Waals surface area contributed by atoms with E-state index in [4.69, 9.17) is 0 Å². The van der Waals surface area contributed by atoms with Crippen LogP contribution in [0.3, 0.4) is 0 Å². The largest absolute Gasteiger partial charge is 0.299 e. The number of ketones is 1. The van der Waals surface area contributed by atoms with Gasteiger partial charge in [-0.2, -0.15) is 0 Å². The molecular weight excluding hydrogens is 168 g/mol. The Morgan fingerprint density at radius 2 is 2.00 bits per heavy atom. The molecule has 1 aromatic rings. The maximum atomic E-state index is 11.3. The molecule has 0 saturated heterocycles. The molecule has 2 atom stereocenters. The molecule has 0 aromatic carbocycles. The average Bonchev–Trinajstić information content (AvgIpc) is 2.57. The summed E-state index contributed by atoms with van der Waals surface area (Å²) in [4.78, 5) is 12.6. The van der Waals surface area contributed by atoms with Crippen LogP contribution in [0.1, 0.15) is 24.6 Å². The van der Waals surface area contributed by atoms with Crippen molar-refractivity contribution in [1.29, 1.82) is 0 Å². The number of Topliss-reactive ketones (excluding diaryl/α,β-unsaturated/α-hetero) is 1. The van der Waals surface area contributed by atoms with E-state index in [0.29, 0.717) is 11.7 Å². The fourth-order valence-corrected chi connectivity index (χ4v) is 3.09. The van der Waals surface area contributed by atoms with Crippen LogP contribution in [-0.2, 0) is 4.79 Å². The van der Waals surface area contributed by atoms with E-state index in [1.54, 1.807) is 11.3 Å². The van der Waals surface area contributed by atoms with Crippen molar-refractivity contribution in [1.82, 2.24) is 0 Å². The van der Waals surface area contributed by atoms with Crippen LogP contribution in [0.15, 0.2) is 17.5 Å². The van der Waals surface area contributed by atoms with Gasteiger partial charge in [-0.25, -0.2) is 0 Å². The molecule has 1 nitrogen and oxygen atoms in total. The van der Waals surface area contributed by atoms with Crippen LogP contribution >= 0.6 is 11.3 Å². The van der Waals surface area contributed by atoms with Crippen molar-refractivity contribution in [2.24, 2.45) is 11.8 Å². The predicted octanol–water partition coefficient (Wildman–Crippen LogP) is 2.69. The van der Waals surface area contributed by atoms with Gasteiger partial charge in [0.25, 0.3) is 0 Å². The predicted molar refractivity (Wildman–Crippen MR) is 50.4 cm³/mol. The minimum atomic E-state index is 0.249. The van der Waals surface area contributed by atoms with Gasteiger partial charge in [0.2, 0.25) is 0 Å². The molecular formula is C10H12OS. The fourth-order valence-electron chi connectivity index (χ4n) is 2.06. The van der Waals surface area contributed by atoms with E-state index in [9.17, 15) is 4.79 Å². The standard InChI is InChI=1S/C10H12OS/c1-6-9(7(2)10(6)11)8-4-3-5-12-8/h3-7,9H,1-2H3. The molecule has 1 aliphatic carbocycles. The van der Waals surface area contributed by atoms with Gasteiger partial charge < -0.3 is 0 Å². The van der Waals surface area contributed by atoms with E-state index in [1.165, 1.54) is 4.88 Å². The first-order valence-electron chi connectivity index (χ1n) is 4.29. The molecule has 0 spiro atoms. The number of hydrogen-bond donors (Lipinski definition) is 0. The van der Waals surface area contributed by atoms with E-state index in [0.717, 1.165) is 0 Å². The maximum Gasteiger partial charge on any atom is 0.139 e. The van der Waals surface area contributed by atoms with Crippen LogP contribution in [0.25, 0.3) is 0 Å². The molecule has 2 rings (SSSR count). The van der Waals surface area contributed by atoms with Crippen LogP contribution in [-0.4, -0.2) is 5.78 Å². The lowest BCUT2D eigenvalue weighted by atomic mass is 9.65. The van der Waals surface area contributed by atoms with Crippen molar-refractivity contribution < 1.29 is 4.79 Å². The van der Waals surface area contributed by atoms with Gasteiger partial charge in [0.15, 0.2) is 0 Å². The summed E-state index contributed by atoms with van der Waals surface area (Å²) < 4.78 is 0. The Morgan fingerprint density at radius 1 is 1.33 bits per heavy atom. The highest BCUT2D eigenvalue weighted by molar-refractivity contribution is 7.10. The Labute approximate surface area is 76.4 Å². The third-order valence-corrected chi connectivity index (χ3v) is 3.82. The summed E-state index contributed by atoms with van der Waals surface area (Å²) in [6.07, 6.45) is 0. The van der Waals surface area contributed by atoms with Gasteiger partial charge in [-0.05, 0) is 11.4 Å². The third-order valence-electron chi connectivity index (χ3n) is 2.85. The van der Waals surface area contributed by atoms with Crippen LogP contribution < -0.4 is 0 Å². The normalized spacial score (nSPS) is 34.8. The van der Waals surface area contributed by atoms with Crippen LogP contribution in [0, 0.1) is 11.8 Å². The Hall–Kier alpha value is -0.630. The first-order chi connectivity index (χ1) is 5.72. The number of carbonyl (C=O) groups excluding carboxylic acids is 1. The first kappa shape index (κ1) is 7.99. The Kier molecular flexibility index (Phi) is 1.80. The SMILES string of the molecule is CC1C(=O)C(C)C1c1cccs1. The molecule has 2 heteroatoms. The Bertz CT molecular complexity index is 277. The van der Waals surface area contributed by atoms with Crippen molar-refractivity contribution in [3.63, 3.8) is 0 Å². The van der Waals surface area contributed by atoms with Crippen LogP contribution in [0.4, 0.5) is 0 Å². The lowest BCUT2D eigenvalue weighted by Crippen LogP contribution is -2.41. The van der Waals surface area contributed by atoms with E-state index in [1.807, 2.05) is 13.8 Å². The molecule has 0 aliphatic heterocycles. The molecule has 12 heavy (non-hydrogen) atoms. The summed E-state index contributed by atoms with van der Waals surface area (Å²) in [5.41, 5.74) is 0. The Morgan fingerprint density at radius 3 is 2.50 bits per heavy atom. The molecule has 0 radical (unpaired) electrons. The molecule has 1 saturated carbocycles. The minimum absolute atomic E-state index is 0.249. The van der Waals surface area contributed by atoms with Crippen molar-refractivity contribution >= 4 is 17.1 Å². The van der Waals surface area contributed by atoms with Crippen molar-refractivity contribution in [3.05, 3.63) is 22.4 Å². The molecule has 0 N–H and O–H groups in total. The second kappa shape index (κ2) is 2.70. The molecule has 1 aliphatic rings. The highest BCUT2D eigenvalue weighted by Gasteiger charge is 2.44. The summed E-state index contributed by atoms with van der Waals surface area (Å²) in [6, 6.07) is 4.19. The monoisotopic (exact) mass is 180 g/mol. The maximum absolute atomic E-state index is 11.3. The van der Waals surface area contributed by atoms with Gasteiger partial charge in [-0.1, -0.05) is 19.9 Å². The zero-order valence-electron chi connectivity index (χ0n) is 7.28. The van der Waals surface area contributed by atoms with Crippen LogP contribution in [0.2, 0.25) is 0 Å². The van der Waals surface area contributed by atoms with Gasteiger partial charge in [0.05, 0.1) is 0 Å². The zero-order chi connectivity index (χ0) is 8.72. The summed E-state index contributed by atoms with van der Waals surface area (Å²) >= 11 is 1.76. The second-order valence-corrected chi connectivity index (χ2v) is 4.50. The summed E-state index contributed by atoms with van der Waals surface area (Å²) in [7, 11) is 0. The van der Waals surface area contributed by atoms with Gasteiger partial charge in [0.1, 0.15) is 5.78 Å². The molecule has 0 bridgehead atoms. The highest BCUT2D eigenvalue weighted by atomic mass is 32.1. The van der Waals surface area contributed by atoms with E-state index in [2.05, 4.69) is 17.5 Å². The highest BCUT2D eigenvalue weighted by Crippen LogP contribution is 2.45. The molecule has 1 aromatic heterocycles. The van der Waals surface area contributed by atoms with Gasteiger partial charge in [-0.3, -0.25) is 4.79 Å². The fraction of sp³-hybridized carbons (Fsp3) is 0.500. The Balaban J connectivity index is 2.22. The van der Waals surface area contributed by atoms with Crippen molar-refractivity contribution in [2.45, 2.75) is 19.8 Å². The third kappa shape index (κ3) is 0.944. The zero-order valence-corrected chi connectivity index (χ0v) is 8.10. The van der Waals surface area contributed by atoms with Crippen LogP contribution in [0.5, 0.6) is 0 Å². The van der Waals surface area contributed by atoms with Gasteiger partial charge >= 0.3 is 0 Å². The summed E-state index contributed by atoms with van der Waals surface area (Å²) in [6.45, 7) is 4.07. The minimum Gasteiger partial charge on any atom is -0.299 e. The molecule has 1 fully saturated rings. The molecule has 2 unspecified atom stereocenters. The molecule has 1 heterocycles. The second-order valence-electron chi connectivity index (χ2n) is 3.52. The van der Waals surface area contributed by atoms with Crippen molar-refractivity contribution in [2.75, 3.05) is 0 Å². The lowest BCUT2D eigenvalue weighted by molar-refractivity contribution is -0.136. The number of rotatable bonds is 1. The molecule has 0 amide bonds. The topological polar surface area (TPSA) is 17.1 Å².